The predicted molar refractivity (Wildman–Crippen MR) is 134 cm³/mol. The topological polar surface area (TPSA) is 196 Å². The molecule has 17 heteroatoms. The maximum absolute atomic E-state index is 13.2. The van der Waals surface area contributed by atoms with Crippen LogP contribution in [0.3, 0.4) is 0 Å². The highest BCUT2D eigenvalue weighted by Crippen LogP contribution is 2.55. The standard InChI is InChI=1S/C21H26ClFN4O9P2/c1-11(6-12-2-4-13(23)5-3-12)25-15-7-17(22)26-20-14(15)8-24-27(20)21-19(29)18(28)16(36-21)9-35-38(33,34)10-37(30,31)32/h2-5,7-8,11,16,18-19,21,28-29H,6,9-10H2,1H3,(H,25,26)(H,33,34)(H2,30,31,32)/t11-,16+,18+,19+,21+/m0/s1. The molecule has 1 aliphatic heterocycles. The molecule has 0 bridgehead atoms. The van der Waals surface area contributed by atoms with Crippen LogP contribution in [0.1, 0.15) is 18.7 Å². The van der Waals surface area contributed by atoms with Crippen molar-refractivity contribution in [2.45, 2.75) is 43.9 Å². The SMILES string of the molecule is C[C@@H](Cc1ccc(F)cc1)Nc1cc(Cl)nc2c1cnn2[C@@H]1O[C@H](COP(=O)(O)CP(=O)(O)O)[C@@H](O)[C@H]1O. The molecule has 3 heterocycles. The van der Waals surface area contributed by atoms with E-state index in [1.165, 1.54) is 23.0 Å². The number of anilines is 1. The summed E-state index contributed by atoms with van der Waals surface area (Å²) in [5.41, 5.74) is 1.70. The third-order valence-corrected chi connectivity index (χ3v) is 9.42. The molecule has 1 saturated heterocycles. The highest BCUT2D eigenvalue weighted by Gasteiger charge is 2.46. The Balaban J connectivity index is 1.51. The van der Waals surface area contributed by atoms with E-state index in [1.807, 2.05) is 6.92 Å². The molecule has 0 radical (unpaired) electrons. The van der Waals surface area contributed by atoms with Gasteiger partial charge in [0.1, 0.15) is 29.3 Å². The van der Waals surface area contributed by atoms with E-state index in [2.05, 4.69) is 15.4 Å². The fraction of sp³-hybridized carbons (Fsp3) is 0.429. The van der Waals surface area contributed by atoms with Gasteiger partial charge in [0, 0.05) is 6.04 Å². The van der Waals surface area contributed by atoms with Crippen LogP contribution in [0.2, 0.25) is 5.15 Å². The quantitative estimate of drug-likeness (QED) is 0.148. The third kappa shape index (κ3) is 6.97. The lowest BCUT2D eigenvalue weighted by atomic mass is 10.1. The lowest BCUT2D eigenvalue weighted by molar-refractivity contribution is -0.0541. The molecule has 0 amide bonds. The van der Waals surface area contributed by atoms with Gasteiger partial charge in [-0.05, 0) is 37.1 Å². The van der Waals surface area contributed by atoms with Gasteiger partial charge in [-0.3, -0.25) is 9.13 Å². The smallest absolute Gasteiger partial charge is 0.340 e. The first-order valence-corrected chi connectivity index (χ1v) is 15.2. The number of pyridine rings is 1. The monoisotopic (exact) mass is 594 g/mol. The maximum Gasteiger partial charge on any atom is 0.340 e. The minimum atomic E-state index is -4.84. The largest absolute Gasteiger partial charge is 0.387 e. The molecule has 3 aromatic rings. The number of hydrogen-bond donors (Lipinski definition) is 6. The van der Waals surface area contributed by atoms with E-state index < -0.39 is 52.2 Å². The summed E-state index contributed by atoms with van der Waals surface area (Å²) in [6.07, 6.45) is -3.71. The number of nitrogens with one attached hydrogen (secondary N) is 1. The molecule has 1 aromatic carbocycles. The number of fused-ring (bicyclic) bond motifs is 1. The Morgan fingerprint density at radius 1 is 1.21 bits per heavy atom. The number of nitrogens with zero attached hydrogens (tertiary/aromatic N) is 3. The van der Waals surface area contributed by atoms with Gasteiger partial charge in [0.2, 0.25) is 0 Å². The van der Waals surface area contributed by atoms with Gasteiger partial charge in [0.05, 0.1) is 23.9 Å². The highest BCUT2D eigenvalue weighted by atomic mass is 35.5. The molecule has 6 atom stereocenters. The number of benzene rings is 1. The van der Waals surface area contributed by atoms with Gasteiger partial charge in [-0.2, -0.15) is 5.10 Å². The van der Waals surface area contributed by atoms with Crippen molar-refractivity contribution in [1.82, 2.24) is 14.8 Å². The van der Waals surface area contributed by atoms with Crippen molar-refractivity contribution in [3.05, 3.63) is 53.1 Å². The minimum absolute atomic E-state index is 0.0994. The molecule has 1 fully saturated rings. The summed E-state index contributed by atoms with van der Waals surface area (Å²) in [6.45, 7) is 1.19. The Kier molecular flexibility index (Phi) is 8.61. The van der Waals surface area contributed by atoms with Crippen LogP contribution in [0.15, 0.2) is 36.5 Å². The summed E-state index contributed by atoms with van der Waals surface area (Å²) in [7, 11) is -9.54. The molecule has 2 aromatic heterocycles. The fourth-order valence-corrected chi connectivity index (χ4v) is 6.87. The normalized spacial score (nSPS) is 24.4. The van der Waals surface area contributed by atoms with Crippen LogP contribution in [-0.2, 0) is 24.8 Å². The first-order chi connectivity index (χ1) is 17.7. The number of aliphatic hydroxyl groups is 2. The Bertz CT molecular complexity index is 1390. The summed E-state index contributed by atoms with van der Waals surface area (Å²) in [6, 6.07) is 7.62. The first kappa shape index (κ1) is 29.0. The van der Waals surface area contributed by atoms with Crippen LogP contribution in [0, 0.1) is 5.82 Å². The summed E-state index contributed by atoms with van der Waals surface area (Å²) in [5.74, 6) is -1.73. The predicted octanol–water partition coefficient (Wildman–Crippen LogP) is 2.22. The third-order valence-electron chi connectivity index (χ3n) is 5.77. The second-order valence-electron chi connectivity index (χ2n) is 8.98. The van der Waals surface area contributed by atoms with Gasteiger partial charge >= 0.3 is 15.2 Å². The van der Waals surface area contributed by atoms with Crippen LogP contribution < -0.4 is 5.32 Å². The molecular formula is C21H26ClFN4O9P2. The Morgan fingerprint density at radius 3 is 2.55 bits per heavy atom. The molecule has 1 aliphatic rings. The van der Waals surface area contributed by atoms with Crippen LogP contribution in [0.5, 0.6) is 0 Å². The van der Waals surface area contributed by atoms with Gasteiger partial charge in [-0.1, -0.05) is 23.7 Å². The average Bonchev–Trinajstić information content (AvgIpc) is 3.33. The van der Waals surface area contributed by atoms with Crippen molar-refractivity contribution in [1.29, 1.82) is 0 Å². The average molecular weight is 595 g/mol. The number of halogens is 2. The van der Waals surface area contributed by atoms with Gasteiger partial charge in [0.25, 0.3) is 0 Å². The summed E-state index contributed by atoms with van der Waals surface area (Å²) in [4.78, 5) is 31.8. The zero-order valence-corrected chi connectivity index (χ0v) is 22.4. The Labute approximate surface area is 220 Å². The van der Waals surface area contributed by atoms with Gasteiger partial charge in [-0.15, -0.1) is 0 Å². The second-order valence-corrected chi connectivity index (χ2v) is 13.4. The maximum atomic E-state index is 13.2. The first-order valence-electron chi connectivity index (χ1n) is 11.3. The highest BCUT2D eigenvalue weighted by molar-refractivity contribution is 7.70. The molecule has 4 rings (SSSR count). The van der Waals surface area contributed by atoms with Crippen LogP contribution in [-0.4, -0.2) is 76.5 Å². The number of hydrogen-bond acceptors (Lipinski definition) is 9. The van der Waals surface area contributed by atoms with Crippen LogP contribution >= 0.6 is 26.8 Å². The number of ether oxygens (including phenoxy) is 1. The van der Waals surface area contributed by atoms with Crippen molar-refractivity contribution in [2.75, 3.05) is 17.8 Å². The van der Waals surface area contributed by atoms with Crippen molar-refractivity contribution in [3.63, 3.8) is 0 Å². The number of rotatable bonds is 10. The molecule has 0 aliphatic carbocycles. The van der Waals surface area contributed by atoms with Gasteiger partial charge in [0.15, 0.2) is 17.8 Å². The van der Waals surface area contributed by atoms with E-state index in [-0.39, 0.29) is 22.7 Å². The van der Waals surface area contributed by atoms with Crippen molar-refractivity contribution >= 4 is 43.5 Å². The van der Waals surface area contributed by atoms with E-state index in [0.717, 1.165) is 5.56 Å². The molecule has 0 saturated carbocycles. The molecule has 6 N–H and O–H groups in total. The number of aliphatic hydroxyl groups excluding tert-OH is 2. The number of aromatic nitrogens is 3. The zero-order valence-electron chi connectivity index (χ0n) is 19.8. The lowest BCUT2D eigenvalue weighted by Crippen LogP contribution is -2.33. The van der Waals surface area contributed by atoms with Crippen molar-refractivity contribution < 1.29 is 47.7 Å². The molecule has 0 spiro atoms. The Morgan fingerprint density at radius 2 is 1.89 bits per heavy atom. The van der Waals surface area contributed by atoms with Crippen LogP contribution in [0.25, 0.3) is 11.0 Å². The summed E-state index contributed by atoms with van der Waals surface area (Å²) in [5, 5.41) is 29.2. The van der Waals surface area contributed by atoms with Crippen molar-refractivity contribution in [2.24, 2.45) is 0 Å². The van der Waals surface area contributed by atoms with E-state index in [1.54, 1.807) is 18.2 Å². The molecular weight excluding hydrogens is 569 g/mol. The molecule has 208 valence electrons. The minimum Gasteiger partial charge on any atom is -0.387 e. The molecule has 38 heavy (non-hydrogen) atoms. The van der Waals surface area contributed by atoms with Crippen LogP contribution in [0.4, 0.5) is 10.1 Å². The van der Waals surface area contributed by atoms with Crippen molar-refractivity contribution in [3.8, 4) is 0 Å². The van der Waals surface area contributed by atoms with E-state index in [9.17, 15) is 28.6 Å². The Hall–Kier alpha value is -1.96. The fourth-order valence-electron chi connectivity index (χ4n) is 4.12. The van der Waals surface area contributed by atoms with E-state index in [0.29, 0.717) is 17.5 Å². The van der Waals surface area contributed by atoms with E-state index >= 15 is 0 Å². The van der Waals surface area contributed by atoms with Gasteiger partial charge < -0.3 is 39.5 Å². The second kappa shape index (κ2) is 11.3. The van der Waals surface area contributed by atoms with Gasteiger partial charge in [-0.25, -0.2) is 14.1 Å². The van der Waals surface area contributed by atoms with E-state index in [4.69, 9.17) is 30.6 Å². The summed E-state index contributed by atoms with van der Waals surface area (Å²) >= 11 is 6.24. The lowest BCUT2D eigenvalue weighted by Gasteiger charge is -2.18. The summed E-state index contributed by atoms with van der Waals surface area (Å²) < 4.78 is 47.7. The molecule has 1 unspecified atom stereocenters. The zero-order chi connectivity index (χ0) is 27.8. The molecule has 13 nitrogen and oxygen atoms in total.